The molecule has 1 saturated carbocycles. The highest BCUT2D eigenvalue weighted by Crippen LogP contribution is 2.26. The molecule has 0 atom stereocenters. The van der Waals surface area contributed by atoms with Gasteiger partial charge >= 0.3 is 0 Å². The second kappa shape index (κ2) is 9.81. The number of amides is 2. The summed E-state index contributed by atoms with van der Waals surface area (Å²) in [5, 5.41) is 0. The molecule has 0 radical (unpaired) electrons. The number of hydrogen-bond donors (Lipinski definition) is 1. The molecule has 1 aliphatic heterocycles. The summed E-state index contributed by atoms with van der Waals surface area (Å²) in [5.74, 6) is 0.689. The first kappa shape index (κ1) is 20.6. The average molecular weight is 380 g/mol. The molecule has 1 heterocycles. The van der Waals surface area contributed by atoms with Crippen LogP contribution in [0.15, 0.2) is 24.3 Å². The summed E-state index contributed by atoms with van der Waals surface area (Å²) < 4.78 is 0. The molecule has 2 amide bonds. The number of nitrogens with two attached hydrogens (primary N) is 1. The van der Waals surface area contributed by atoms with Gasteiger partial charge in [0.15, 0.2) is 0 Å². The lowest BCUT2D eigenvalue weighted by Gasteiger charge is -2.37. The van der Waals surface area contributed by atoms with Crippen molar-refractivity contribution in [2.24, 2.45) is 5.92 Å². The standard InChI is InChI=1S/C20H29N3O2.ClH/c21-18-9-5-4-6-16(18)10-11-19(24)22-12-14-23(15-13-22)20(25)17-7-2-1-3-8-17;/h4-6,9,17H,1-3,7-8,10-15,21H2;1H. The second-order valence-corrected chi connectivity index (χ2v) is 7.24. The number of hydrogen-bond acceptors (Lipinski definition) is 3. The van der Waals surface area contributed by atoms with Crippen LogP contribution in [0.25, 0.3) is 0 Å². The molecule has 1 aliphatic carbocycles. The summed E-state index contributed by atoms with van der Waals surface area (Å²) in [6.07, 6.45) is 6.84. The molecule has 0 unspecified atom stereocenters. The van der Waals surface area contributed by atoms with Crippen LogP contribution in [0.5, 0.6) is 0 Å². The Morgan fingerprint density at radius 1 is 0.962 bits per heavy atom. The highest BCUT2D eigenvalue weighted by atomic mass is 35.5. The zero-order chi connectivity index (χ0) is 17.6. The van der Waals surface area contributed by atoms with Crippen LogP contribution in [0.1, 0.15) is 44.1 Å². The molecule has 5 nitrogen and oxygen atoms in total. The molecule has 2 aliphatic rings. The van der Waals surface area contributed by atoms with Crippen molar-refractivity contribution in [1.29, 1.82) is 0 Å². The first-order valence-corrected chi connectivity index (χ1v) is 9.55. The van der Waals surface area contributed by atoms with Crippen LogP contribution in [-0.4, -0.2) is 47.8 Å². The van der Waals surface area contributed by atoms with Crippen LogP contribution in [0.4, 0.5) is 5.69 Å². The third kappa shape index (κ3) is 5.13. The van der Waals surface area contributed by atoms with Crippen molar-refractivity contribution in [2.45, 2.75) is 44.9 Å². The van der Waals surface area contributed by atoms with Gasteiger partial charge in [-0.2, -0.15) is 0 Å². The highest BCUT2D eigenvalue weighted by molar-refractivity contribution is 5.85. The lowest BCUT2D eigenvalue weighted by molar-refractivity contribution is -0.142. The van der Waals surface area contributed by atoms with Crippen LogP contribution in [0.2, 0.25) is 0 Å². The number of nitrogen functional groups attached to an aromatic ring is 1. The van der Waals surface area contributed by atoms with Gasteiger partial charge in [-0.05, 0) is 30.9 Å². The topological polar surface area (TPSA) is 66.6 Å². The fraction of sp³-hybridized carbons (Fsp3) is 0.600. The molecule has 1 aromatic rings. The van der Waals surface area contributed by atoms with E-state index in [9.17, 15) is 9.59 Å². The number of nitrogens with zero attached hydrogens (tertiary/aromatic N) is 2. The fourth-order valence-corrected chi connectivity index (χ4v) is 3.95. The minimum absolute atomic E-state index is 0. The van der Waals surface area contributed by atoms with Gasteiger partial charge < -0.3 is 15.5 Å². The third-order valence-corrected chi connectivity index (χ3v) is 5.56. The Bertz CT molecular complexity index is 609. The van der Waals surface area contributed by atoms with Gasteiger partial charge in [0.05, 0.1) is 0 Å². The average Bonchev–Trinajstić information content (AvgIpc) is 2.67. The van der Waals surface area contributed by atoms with E-state index in [1.807, 2.05) is 34.1 Å². The molecule has 0 bridgehead atoms. The van der Waals surface area contributed by atoms with E-state index in [1.54, 1.807) is 0 Å². The summed E-state index contributed by atoms with van der Waals surface area (Å²) in [6, 6.07) is 7.70. The maximum atomic E-state index is 12.6. The minimum atomic E-state index is 0. The van der Waals surface area contributed by atoms with Crippen molar-refractivity contribution >= 4 is 29.9 Å². The van der Waals surface area contributed by atoms with E-state index in [4.69, 9.17) is 5.73 Å². The Hall–Kier alpha value is -1.75. The van der Waals surface area contributed by atoms with Gasteiger partial charge in [0, 0.05) is 44.2 Å². The summed E-state index contributed by atoms with van der Waals surface area (Å²) in [7, 11) is 0. The monoisotopic (exact) mass is 379 g/mol. The van der Waals surface area contributed by atoms with Crippen LogP contribution in [0, 0.1) is 5.92 Å². The first-order chi connectivity index (χ1) is 12.1. The molecule has 0 spiro atoms. The van der Waals surface area contributed by atoms with Gasteiger partial charge in [-0.3, -0.25) is 9.59 Å². The summed E-state index contributed by atoms with van der Waals surface area (Å²) in [6.45, 7) is 2.66. The zero-order valence-electron chi connectivity index (χ0n) is 15.4. The minimum Gasteiger partial charge on any atom is -0.399 e. The van der Waals surface area contributed by atoms with E-state index in [2.05, 4.69) is 0 Å². The maximum Gasteiger partial charge on any atom is 0.225 e. The fourth-order valence-electron chi connectivity index (χ4n) is 3.95. The molecular formula is C20H30ClN3O2. The van der Waals surface area contributed by atoms with E-state index in [0.717, 1.165) is 24.1 Å². The third-order valence-electron chi connectivity index (χ3n) is 5.56. The quantitative estimate of drug-likeness (QED) is 0.818. The predicted molar refractivity (Wildman–Crippen MR) is 106 cm³/mol. The van der Waals surface area contributed by atoms with E-state index in [0.29, 0.717) is 44.9 Å². The smallest absolute Gasteiger partial charge is 0.225 e. The summed E-state index contributed by atoms with van der Waals surface area (Å²) in [5.41, 5.74) is 7.72. The van der Waals surface area contributed by atoms with Crippen molar-refractivity contribution in [2.75, 3.05) is 31.9 Å². The van der Waals surface area contributed by atoms with Crippen molar-refractivity contribution in [3.63, 3.8) is 0 Å². The molecule has 3 rings (SSSR count). The largest absolute Gasteiger partial charge is 0.399 e. The highest BCUT2D eigenvalue weighted by Gasteiger charge is 2.29. The number of anilines is 1. The molecule has 2 fully saturated rings. The Balaban J connectivity index is 0.00000243. The second-order valence-electron chi connectivity index (χ2n) is 7.24. The van der Waals surface area contributed by atoms with E-state index < -0.39 is 0 Å². The molecule has 1 saturated heterocycles. The molecule has 2 N–H and O–H groups in total. The molecule has 0 aromatic heterocycles. The maximum absolute atomic E-state index is 12.6. The van der Waals surface area contributed by atoms with Crippen molar-refractivity contribution in [1.82, 2.24) is 9.80 Å². The first-order valence-electron chi connectivity index (χ1n) is 9.55. The molecule has 6 heteroatoms. The van der Waals surface area contributed by atoms with E-state index in [-0.39, 0.29) is 24.2 Å². The number of para-hydroxylation sites is 1. The van der Waals surface area contributed by atoms with Gasteiger partial charge in [0.25, 0.3) is 0 Å². The normalized spacial score (nSPS) is 18.3. The number of halogens is 1. The lowest BCUT2D eigenvalue weighted by atomic mass is 9.88. The Morgan fingerprint density at radius 2 is 1.58 bits per heavy atom. The van der Waals surface area contributed by atoms with Gasteiger partial charge in [-0.1, -0.05) is 37.5 Å². The Kier molecular flexibility index (Phi) is 7.76. The number of benzene rings is 1. The van der Waals surface area contributed by atoms with Crippen molar-refractivity contribution < 1.29 is 9.59 Å². The van der Waals surface area contributed by atoms with E-state index in [1.165, 1.54) is 19.3 Å². The molecule has 144 valence electrons. The number of carbonyl (C=O) groups is 2. The Morgan fingerprint density at radius 3 is 2.23 bits per heavy atom. The van der Waals surface area contributed by atoms with Gasteiger partial charge in [-0.15, -0.1) is 12.4 Å². The lowest BCUT2D eigenvalue weighted by Crippen LogP contribution is -2.52. The predicted octanol–water partition coefficient (Wildman–Crippen LogP) is 2.87. The number of carbonyl (C=O) groups excluding carboxylic acids is 2. The molecule has 1 aromatic carbocycles. The Labute approximate surface area is 162 Å². The summed E-state index contributed by atoms with van der Waals surface area (Å²) in [4.78, 5) is 28.9. The van der Waals surface area contributed by atoms with Gasteiger partial charge in [0.2, 0.25) is 11.8 Å². The van der Waals surface area contributed by atoms with Crippen LogP contribution in [-0.2, 0) is 16.0 Å². The number of rotatable bonds is 4. The van der Waals surface area contributed by atoms with Crippen molar-refractivity contribution in [3.8, 4) is 0 Å². The SMILES string of the molecule is Cl.Nc1ccccc1CCC(=O)N1CCN(C(=O)C2CCCCC2)CC1. The van der Waals surface area contributed by atoms with Gasteiger partial charge in [-0.25, -0.2) is 0 Å². The van der Waals surface area contributed by atoms with Gasteiger partial charge in [0.1, 0.15) is 0 Å². The van der Waals surface area contributed by atoms with Crippen LogP contribution >= 0.6 is 12.4 Å². The van der Waals surface area contributed by atoms with Crippen LogP contribution < -0.4 is 5.73 Å². The van der Waals surface area contributed by atoms with E-state index >= 15 is 0 Å². The zero-order valence-corrected chi connectivity index (χ0v) is 16.2. The van der Waals surface area contributed by atoms with Crippen LogP contribution in [0.3, 0.4) is 0 Å². The number of aryl methyl sites for hydroxylation is 1. The molecule has 26 heavy (non-hydrogen) atoms. The molecular weight excluding hydrogens is 350 g/mol. The van der Waals surface area contributed by atoms with Crippen molar-refractivity contribution in [3.05, 3.63) is 29.8 Å². The summed E-state index contributed by atoms with van der Waals surface area (Å²) >= 11 is 0. The number of piperazine rings is 1.